The zero-order valence-electron chi connectivity index (χ0n) is 12.1. The third-order valence-corrected chi connectivity index (χ3v) is 3.12. The van der Waals surface area contributed by atoms with Crippen molar-refractivity contribution in [2.75, 3.05) is 0 Å². The first-order valence-corrected chi connectivity index (χ1v) is 7.14. The summed E-state index contributed by atoms with van der Waals surface area (Å²) in [6.45, 7) is 6.03. The van der Waals surface area contributed by atoms with E-state index < -0.39 is 5.97 Å². The summed E-state index contributed by atoms with van der Waals surface area (Å²) in [5, 5.41) is 0. The maximum atomic E-state index is 11.7. The van der Waals surface area contributed by atoms with Crippen LogP contribution in [0.1, 0.15) is 62.4 Å². The van der Waals surface area contributed by atoms with Crippen LogP contribution in [-0.4, -0.2) is 12.1 Å². The van der Waals surface area contributed by atoms with Crippen molar-refractivity contribution in [3.05, 3.63) is 35.4 Å². The fraction of sp³-hybridized carbons (Fsp3) is 0.562. The minimum absolute atomic E-state index is 0.0720. The van der Waals surface area contributed by atoms with Gasteiger partial charge in [-0.25, -0.2) is 4.79 Å². The third-order valence-electron chi connectivity index (χ3n) is 3.12. The van der Waals surface area contributed by atoms with E-state index in [4.69, 9.17) is 9.78 Å². The summed E-state index contributed by atoms with van der Waals surface area (Å²) in [6.07, 6.45) is 5.45. The van der Waals surface area contributed by atoms with Gasteiger partial charge in [0.05, 0.1) is 5.56 Å². The zero-order valence-corrected chi connectivity index (χ0v) is 12.1. The Balaban J connectivity index is 2.44. The van der Waals surface area contributed by atoms with E-state index in [0.29, 0.717) is 5.56 Å². The van der Waals surface area contributed by atoms with Gasteiger partial charge in [0, 0.05) is 0 Å². The molecule has 0 saturated heterocycles. The Morgan fingerprint density at radius 3 is 2.42 bits per heavy atom. The molecular weight excluding hydrogens is 240 g/mol. The second-order valence-electron chi connectivity index (χ2n) is 4.84. The molecule has 1 atom stereocenters. The second kappa shape index (κ2) is 8.70. The highest BCUT2D eigenvalue weighted by molar-refractivity contribution is 5.88. The highest BCUT2D eigenvalue weighted by Gasteiger charge is 2.10. The van der Waals surface area contributed by atoms with Crippen LogP contribution in [0.4, 0.5) is 0 Å². The predicted molar refractivity (Wildman–Crippen MR) is 75.9 cm³/mol. The van der Waals surface area contributed by atoms with Gasteiger partial charge in [-0.15, -0.1) is 0 Å². The zero-order chi connectivity index (χ0) is 14.1. The SMILES string of the molecule is CCCCCc1ccc(C(=O)OOC(C)CC)cc1. The number of hydrogen-bond donors (Lipinski definition) is 0. The summed E-state index contributed by atoms with van der Waals surface area (Å²) in [6, 6.07) is 7.55. The summed E-state index contributed by atoms with van der Waals surface area (Å²) in [5.41, 5.74) is 1.79. The van der Waals surface area contributed by atoms with Gasteiger partial charge in [0.25, 0.3) is 0 Å². The minimum Gasteiger partial charge on any atom is -0.293 e. The molecule has 3 nitrogen and oxygen atoms in total. The molecular formula is C16H24O3. The molecule has 0 N–H and O–H groups in total. The van der Waals surface area contributed by atoms with E-state index in [-0.39, 0.29) is 6.10 Å². The Kier molecular flexibility index (Phi) is 7.19. The van der Waals surface area contributed by atoms with Gasteiger partial charge in [-0.1, -0.05) is 38.8 Å². The van der Waals surface area contributed by atoms with Crippen molar-refractivity contribution in [2.45, 2.75) is 59.0 Å². The smallest absolute Gasteiger partial charge is 0.293 e. The van der Waals surface area contributed by atoms with Crippen LogP contribution in [0, 0.1) is 0 Å². The second-order valence-corrected chi connectivity index (χ2v) is 4.84. The van der Waals surface area contributed by atoms with E-state index >= 15 is 0 Å². The van der Waals surface area contributed by atoms with E-state index in [0.717, 1.165) is 12.8 Å². The first-order valence-electron chi connectivity index (χ1n) is 7.14. The fourth-order valence-corrected chi connectivity index (χ4v) is 1.63. The van der Waals surface area contributed by atoms with Gasteiger partial charge in [-0.05, 0) is 43.9 Å². The normalized spacial score (nSPS) is 12.2. The molecule has 0 aliphatic rings. The molecule has 0 bridgehead atoms. The van der Waals surface area contributed by atoms with Crippen LogP contribution < -0.4 is 0 Å². The Labute approximate surface area is 115 Å². The molecule has 0 aliphatic heterocycles. The molecule has 0 aromatic heterocycles. The Bertz CT molecular complexity index is 370. The highest BCUT2D eigenvalue weighted by Crippen LogP contribution is 2.10. The molecule has 0 fully saturated rings. The number of carbonyl (C=O) groups is 1. The Morgan fingerprint density at radius 2 is 1.84 bits per heavy atom. The quantitative estimate of drug-likeness (QED) is 0.399. The molecule has 1 rings (SSSR count). The molecule has 0 spiro atoms. The third kappa shape index (κ3) is 5.88. The minimum atomic E-state index is -0.430. The van der Waals surface area contributed by atoms with Gasteiger partial charge in [0.1, 0.15) is 6.10 Å². The first-order chi connectivity index (χ1) is 9.17. The molecule has 0 amide bonds. The Morgan fingerprint density at radius 1 is 1.16 bits per heavy atom. The van der Waals surface area contributed by atoms with Crippen LogP contribution >= 0.6 is 0 Å². The van der Waals surface area contributed by atoms with Crippen LogP contribution in [0.15, 0.2) is 24.3 Å². The lowest BCUT2D eigenvalue weighted by molar-refractivity contribution is -0.270. The van der Waals surface area contributed by atoms with Crippen LogP contribution in [0.25, 0.3) is 0 Å². The largest absolute Gasteiger partial charge is 0.373 e. The van der Waals surface area contributed by atoms with Crippen molar-refractivity contribution < 1.29 is 14.6 Å². The molecule has 1 aromatic carbocycles. The number of carbonyl (C=O) groups excluding carboxylic acids is 1. The standard InChI is InChI=1S/C16H24O3/c1-4-6-7-8-14-9-11-15(12-10-14)16(17)19-18-13(3)5-2/h9-13H,4-8H2,1-3H3. The van der Waals surface area contributed by atoms with E-state index in [1.54, 1.807) is 12.1 Å². The van der Waals surface area contributed by atoms with Crippen molar-refractivity contribution in [1.29, 1.82) is 0 Å². The average molecular weight is 264 g/mol. The van der Waals surface area contributed by atoms with Crippen molar-refractivity contribution in [3.63, 3.8) is 0 Å². The van der Waals surface area contributed by atoms with Crippen molar-refractivity contribution >= 4 is 5.97 Å². The molecule has 0 radical (unpaired) electrons. The van der Waals surface area contributed by atoms with Crippen molar-refractivity contribution in [2.24, 2.45) is 0 Å². The topological polar surface area (TPSA) is 35.5 Å². The van der Waals surface area contributed by atoms with Gasteiger partial charge in [-0.3, -0.25) is 4.89 Å². The number of unbranched alkanes of at least 4 members (excludes halogenated alkanes) is 2. The molecule has 0 aliphatic carbocycles. The van der Waals surface area contributed by atoms with E-state index in [2.05, 4.69) is 6.92 Å². The van der Waals surface area contributed by atoms with E-state index in [9.17, 15) is 4.79 Å². The lowest BCUT2D eigenvalue weighted by Crippen LogP contribution is -2.12. The summed E-state index contributed by atoms with van der Waals surface area (Å²) < 4.78 is 0. The maximum Gasteiger partial charge on any atom is 0.373 e. The Hall–Kier alpha value is -1.35. The van der Waals surface area contributed by atoms with E-state index in [1.165, 1.54) is 24.8 Å². The number of rotatable bonds is 8. The average Bonchev–Trinajstić information content (AvgIpc) is 2.45. The molecule has 1 unspecified atom stereocenters. The first kappa shape index (κ1) is 15.7. The molecule has 0 heterocycles. The van der Waals surface area contributed by atoms with Gasteiger partial charge >= 0.3 is 5.97 Å². The lowest BCUT2D eigenvalue weighted by atomic mass is 10.1. The maximum absolute atomic E-state index is 11.7. The monoisotopic (exact) mass is 264 g/mol. The van der Waals surface area contributed by atoms with Crippen molar-refractivity contribution in [1.82, 2.24) is 0 Å². The van der Waals surface area contributed by atoms with E-state index in [1.807, 2.05) is 26.0 Å². The predicted octanol–water partition coefficient (Wildman–Crippen LogP) is 4.31. The molecule has 3 heteroatoms. The molecule has 19 heavy (non-hydrogen) atoms. The summed E-state index contributed by atoms with van der Waals surface area (Å²) in [4.78, 5) is 21.4. The molecule has 1 aromatic rings. The van der Waals surface area contributed by atoms with Crippen molar-refractivity contribution in [3.8, 4) is 0 Å². The molecule has 106 valence electrons. The summed E-state index contributed by atoms with van der Waals surface area (Å²) in [7, 11) is 0. The number of hydrogen-bond acceptors (Lipinski definition) is 3. The van der Waals surface area contributed by atoms with Crippen LogP contribution in [0.5, 0.6) is 0 Å². The summed E-state index contributed by atoms with van der Waals surface area (Å²) in [5.74, 6) is -0.430. The van der Waals surface area contributed by atoms with Gasteiger partial charge in [0.15, 0.2) is 0 Å². The number of aryl methyl sites for hydroxylation is 1. The van der Waals surface area contributed by atoms with Crippen LogP contribution in [-0.2, 0) is 16.2 Å². The van der Waals surface area contributed by atoms with Crippen LogP contribution in [0.3, 0.4) is 0 Å². The van der Waals surface area contributed by atoms with Gasteiger partial charge in [0.2, 0.25) is 0 Å². The molecule has 0 saturated carbocycles. The highest BCUT2D eigenvalue weighted by atomic mass is 17.2. The van der Waals surface area contributed by atoms with Gasteiger partial charge in [-0.2, -0.15) is 4.89 Å². The summed E-state index contributed by atoms with van der Waals surface area (Å²) >= 11 is 0. The fourth-order valence-electron chi connectivity index (χ4n) is 1.63. The van der Waals surface area contributed by atoms with Crippen LogP contribution in [0.2, 0.25) is 0 Å². The van der Waals surface area contributed by atoms with Gasteiger partial charge < -0.3 is 0 Å². The lowest BCUT2D eigenvalue weighted by Gasteiger charge is -2.08. The number of benzene rings is 1.